The van der Waals surface area contributed by atoms with Gasteiger partial charge in [0.25, 0.3) is 0 Å². The number of hydrogen-bond acceptors (Lipinski definition) is 2. The van der Waals surface area contributed by atoms with Gasteiger partial charge in [0.2, 0.25) is 0 Å². The molecular formula is C17H26N2O2. The molecule has 2 amide bonds. The molecule has 0 bridgehead atoms. The molecule has 0 radical (unpaired) electrons. The molecule has 0 saturated carbocycles. The summed E-state index contributed by atoms with van der Waals surface area (Å²) < 4.78 is 0. The quantitative estimate of drug-likeness (QED) is 0.895. The molecule has 116 valence electrons. The van der Waals surface area contributed by atoms with Crippen molar-refractivity contribution in [3.8, 4) is 0 Å². The summed E-state index contributed by atoms with van der Waals surface area (Å²) >= 11 is 0. The summed E-state index contributed by atoms with van der Waals surface area (Å²) in [5, 5.41) is 12.3. The average molecular weight is 290 g/mol. The predicted molar refractivity (Wildman–Crippen MR) is 84.4 cm³/mol. The SMILES string of the molecule is Cc1ccc(C(C)(C)CNC(=O)N2CCCC2CO)cc1. The minimum atomic E-state index is -0.113. The van der Waals surface area contributed by atoms with E-state index in [-0.39, 0.29) is 24.1 Å². The lowest BCUT2D eigenvalue weighted by molar-refractivity contribution is 0.156. The lowest BCUT2D eigenvalue weighted by Crippen LogP contribution is -2.47. The molecule has 1 fully saturated rings. The maximum atomic E-state index is 12.3. The van der Waals surface area contributed by atoms with Gasteiger partial charge < -0.3 is 15.3 Å². The fourth-order valence-corrected chi connectivity index (χ4v) is 2.80. The molecule has 4 nitrogen and oxygen atoms in total. The van der Waals surface area contributed by atoms with Crippen LogP contribution in [-0.2, 0) is 5.41 Å². The van der Waals surface area contributed by atoms with Crippen LogP contribution >= 0.6 is 0 Å². The molecule has 1 atom stereocenters. The van der Waals surface area contributed by atoms with Crippen molar-refractivity contribution in [2.75, 3.05) is 19.7 Å². The lowest BCUT2D eigenvalue weighted by atomic mass is 9.84. The summed E-state index contributed by atoms with van der Waals surface area (Å²) in [6.45, 7) is 7.71. The van der Waals surface area contributed by atoms with Gasteiger partial charge in [0.15, 0.2) is 0 Å². The van der Waals surface area contributed by atoms with E-state index >= 15 is 0 Å². The Bertz CT molecular complexity index is 482. The first kappa shape index (κ1) is 15.8. The van der Waals surface area contributed by atoms with E-state index in [1.165, 1.54) is 11.1 Å². The third kappa shape index (κ3) is 3.76. The number of aryl methyl sites for hydroxylation is 1. The Morgan fingerprint density at radius 3 is 2.67 bits per heavy atom. The van der Waals surface area contributed by atoms with Crippen molar-refractivity contribution in [1.29, 1.82) is 0 Å². The molecule has 1 aliphatic rings. The molecular weight excluding hydrogens is 264 g/mol. The maximum Gasteiger partial charge on any atom is 0.317 e. The minimum absolute atomic E-state index is 0.0208. The highest BCUT2D eigenvalue weighted by Crippen LogP contribution is 2.23. The number of carbonyl (C=O) groups is 1. The smallest absolute Gasteiger partial charge is 0.317 e. The number of benzene rings is 1. The van der Waals surface area contributed by atoms with Crippen molar-refractivity contribution in [2.24, 2.45) is 0 Å². The Labute approximate surface area is 127 Å². The first-order valence-corrected chi connectivity index (χ1v) is 7.66. The highest BCUT2D eigenvalue weighted by Gasteiger charge is 2.29. The zero-order chi connectivity index (χ0) is 15.5. The minimum Gasteiger partial charge on any atom is -0.394 e. The van der Waals surface area contributed by atoms with E-state index in [4.69, 9.17) is 0 Å². The van der Waals surface area contributed by atoms with E-state index in [9.17, 15) is 9.90 Å². The number of likely N-dealkylation sites (tertiary alicyclic amines) is 1. The topological polar surface area (TPSA) is 52.6 Å². The first-order valence-electron chi connectivity index (χ1n) is 7.66. The number of nitrogens with one attached hydrogen (secondary N) is 1. The molecule has 1 aliphatic heterocycles. The van der Waals surface area contributed by atoms with E-state index < -0.39 is 0 Å². The van der Waals surface area contributed by atoms with Crippen LogP contribution in [0.25, 0.3) is 0 Å². The van der Waals surface area contributed by atoms with Gasteiger partial charge in [-0.05, 0) is 25.3 Å². The first-order chi connectivity index (χ1) is 9.94. The number of urea groups is 1. The second-order valence-corrected chi connectivity index (χ2v) is 6.58. The van der Waals surface area contributed by atoms with Crippen molar-refractivity contribution in [3.05, 3.63) is 35.4 Å². The number of aliphatic hydroxyl groups excluding tert-OH is 1. The predicted octanol–water partition coefficient (Wildman–Crippen LogP) is 2.44. The number of carbonyl (C=O) groups excluding carboxylic acids is 1. The van der Waals surface area contributed by atoms with Crippen molar-refractivity contribution >= 4 is 6.03 Å². The van der Waals surface area contributed by atoms with Crippen LogP contribution in [0.1, 0.15) is 37.8 Å². The third-order valence-electron chi connectivity index (χ3n) is 4.36. The number of rotatable bonds is 4. The van der Waals surface area contributed by atoms with E-state index in [1.54, 1.807) is 4.90 Å². The van der Waals surface area contributed by atoms with E-state index in [0.717, 1.165) is 19.4 Å². The van der Waals surface area contributed by atoms with Crippen molar-refractivity contribution in [3.63, 3.8) is 0 Å². The standard InChI is InChI=1S/C17H26N2O2/c1-13-6-8-14(9-7-13)17(2,3)12-18-16(21)19-10-4-5-15(19)11-20/h6-9,15,20H,4-5,10-12H2,1-3H3,(H,18,21). The van der Waals surface area contributed by atoms with Gasteiger partial charge in [0, 0.05) is 18.5 Å². The molecule has 1 aromatic carbocycles. The monoisotopic (exact) mass is 290 g/mol. The fourth-order valence-electron chi connectivity index (χ4n) is 2.80. The summed E-state index contributed by atoms with van der Waals surface area (Å²) in [4.78, 5) is 14.0. The zero-order valence-electron chi connectivity index (χ0n) is 13.2. The second kappa shape index (κ2) is 6.48. The second-order valence-electron chi connectivity index (χ2n) is 6.58. The molecule has 0 aromatic heterocycles. The van der Waals surface area contributed by atoms with E-state index in [0.29, 0.717) is 6.54 Å². The van der Waals surface area contributed by atoms with E-state index in [2.05, 4.69) is 50.4 Å². The Balaban J connectivity index is 1.95. The van der Waals surface area contributed by atoms with Crippen LogP contribution in [0.15, 0.2) is 24.3 Å². The van der Waals surface area contributed by atoms with Gasteiger partial charge in [0.1, 0.15) is 0 Å². The summed E-state index contributed by atoms with van der Waals surface area (Å²) in [5.74, 6) is 0. The van der Waals surface area contributed by atoms with Crippen molar-refractivity contribution in [2.45, 2.75) is 45.1 Å². The largest absolute Gasteiger partial charge is 0.394 e. The van der Waals surface area contributed by atoms with Crippen LogP contribution in [0, 0.1) is 6.92 Å². The fraction of sp³-hybridized carbons (Fsp3) is 0.588. The van der Waals surface area contributed by atoms with Crippen LogP contribution in [0.5, 0.6) is 0 Å². The number of nitrogens with zero attached hydrogens (tertiary/aromatic N) is 1. The highest BCUT2D eigenvalue weighted by molar-refractivity contribution is 5.75. The van der Waals surface area contributed by atoms with Crippen molar-refractivity contribution in [1.82, 2.24) is 10.2 Å². The Hall–Kier alpha value is -1.55. The molecule has 2 N–H and O–H groups in total. The Morgan fingerprint density at radius 1 is 1.38 bits per heavy atom. The van der Waals surface area contributed by atoms with Crippen LogP contribution in [-0.4, -0.2) is 41.8 Å². The Morgan fingerprint density at radius 2 is 2.05 bits per heavy atom. The van der Waals surface area contributed by atoms with Gasteiger partial charge in [-0.2, -0.15) is 0 Å². The van der Waals surface area contributed by atoms with Crippen LogP contribution < -0.4 is 5.32 Å². The molecule has 1 saturated heterocycles. The summed E-state index contributed by atoms with van der Waals surface area (Å²) in [6.07, 6.45) is 1.87. The molecule has 1 unspecified atom stereocenters. The number of hydrogen-bond donors (Lipinski definition) is 2. The number of aliphatic hydroxyl groups is 1. The molecule has 2 rings (SSSR count). The van der Waals surface area contributed by atoms with Gasteiger partial charge >= 0.3 is 6.03 Å². The maximum absolute atomic E-state index is 12.3. The highest BCUT2D eigenvalue weighted by atomic mass is 16.3. The molecule has 1 aromatic rings. The normalized spacial score (nSPS) is 18.9. The molecule has 1 heterocycles. The van der Waals surface area contributed by atoms with Crippen LogP contribution in [0.4, 0.5) is 4.79 Å². The van der Waals surface area contributed by atoms with Gasteiger partial charge in [-0.15, -0.1) is 0 Å². The van der Waals surface area contributed by atoms with Crippen LogP contribution in [0.3, 0.4) is 0 Å². The summed E-state index contributed by atoms with van der Waals surface area (Å²) in [7, 11) is 0. The molecule has 0 aliphatic carbocycles. The Kier molecular flexibility index (Phi) is 4.88. The van der Waals surface area contributed by atoms with Gasteiger partial charge in [-0.25, -0.2) is 4.79 Å². The van der Waals surface area contributed by atoms with Gasteiger partial charge in [0.05, 0.1) is 12.6 Å². The lowest BCUT2D eigenvalue weighted by Gasteiger charge is -2.29. The molecule has 4 heteroatoms. The molecule has 0 spiro atoms. The zero-order valence-corrected chi connectivity index (χ0v) is 13.2. The van der Waals surface area contributed by atoms with Gasteiger partial charge in [-0.3, -0.25) is 0 Å². The molecule has 21 heavy (non-hydrogen) atoms. The number of amides is 2. The van der Waals surface area contributed by atoms with Gasteiger partial charge in [-0.1, -0.05) is 43.7 Å². The van der Waals surface area contributed by atoms with E-state index in [1.807, 2.05) is 0 Å². The summed E-state index contributed by atoms with van der Waals surface area (Å²) in [5.41, 5.74) is 2.34. The third-order valence-corrected chi connectivity index (χ3v) is 4.36. The average Bonchev–Trinajstić information content (AvgIpc) is 2.94. The van der Waals surface area contributed by atoms with Crippen LogP contribution in [0.2, 0.25) is 0 Å². The summed E-state index contributed by atoms with van der Waals surface area (Å²) in [6, 6.07) is 8.35. The van der Waals surface area contributed by atoms with Crippen molar-refractivity contribution < 1.29 is 9.90 Å².